The zero-order valence-corrected chi connectivity index (χ0v) is 23.5. The lowest BCUT2D eigenvalue weighted by molar-refractivity contribution is 0.402. The van der Waals surface area contributed by atoms with Crippen LogP contribution in [0, 0.1) is 0 Å². The highest BCUT2D eigenvalue weighted by atomic mass is 32.2. The number of rotatable bonds is 7. The summed E-state index contributed by atoms with van der Waals surface area (Å²) < 4.78 is 28.1. The molecule has 0 fully saturated rings. The van der Waals surface area contributed by atoms with Crippen LogP contribution in [0.2, 0.25) is 0 Å². The average molecular weight is 547 g/mol. The van der Waals surface area contributed by atoms with Gasteiger partial charge in [0.25, 0.3) is 10.0 Å². The molecule has 2 heterocycles. The van der Waals surface area contributed by atoms with Crippen molar-refractivity contribution >= 4 is 37.6 Å². The summed E-state index contributed by atoms with van der Waals surface area (Å²) in [7, 11) is 2.00. The number of aromatic nitrogens is 2. The van der Waals surface area contributed by atoms with E-state index in [1.54, 1.807) is 31.3 Å². The molecule has 200 valence electrons. The Hall–Kier alpha value is -4.46. The van der Waals surface area contributed by atoms with E-state index in [1.807, 2.05) is 48.7 Å². The summed E-state index contributed by atoms with van der Waals surface area (Å²) in [6.07, 6.45) is 1.92. The van der Waals surface area contributed by atoms with Gasteiger partial charge in [0, 0.05) is 47.2 Å². The van der Waals surface area contributed by atoms with Crippen LogP contribution in [0.3, 0.4) is 0 Å². The average Bonchev–Trinajstić information content (AvgIpc) is 3.35. The number of aromatic amines is 1. The summed E-state index contributed by atoms with van der Waals surface area (Å²) in [5.74, 6) is 0. The lowest BCUT2D eigenvalue weighted by Gasteiger charge is -2.20. The van der Waals surface area contributed by atoms with Crippen molar-refractivity contribution in [3.63, 3.8) is 0 Å². The first-order valence-electron chi connectivity index (χ1n) is 13.1. The van der Waals surface area contributed by atoms with Crippen LogP contribution in [0.15, 0.2) is 114 Å². The molecule has 0 aliphatic rings. The Kier molecular flexibility index (Phi) is 6.62. The van der Waals surface area contributed by atoms with Crippen molar-refractivity contribution in [2.24, 2.45) is 0 Å². The second-order valence-corrected chi connectivity index (χ2v) is 12.2. The Labute approximate surface area is 234 Å². The van der Waals surface area contributed by atoms with Gasteiger partial charge in [0.2, 0.25) is 0 Å². The maximum atomic E-state index is 13.4. The zero-order valence-electron chi connectivity index (χ0n) is 22.7. The Morgan fingerprint density at radius 3 is 2.12 bits per heavy atom. The molecule has 4 aromatic carbocycles. The highest BCUT2D eigenvalue weighted by Gasteiger charge is 2.23. The van der Waals surface area contributed by atoms with E-state index in [4.69, 9.17) is 4.98 Å². The van der Waals surface area contributed by atoms with Crippen molar-refractivity contribution in [2.75, 3.05) is 25.4 Å². The van der Waals surface area contributed by atoms with E-state index in [-0.39, 0.29) is 4.90 Å². The van der Waals surface area contributed by atoms with Crippen molar-refractivity contribution in [1.29, 1.82) is 0 Å². The number of hydrogen-bond acceptors (Lipinski definition) is 4. The first-order valence-corrected chi connectivity index (χ1v) is 14.5. The van der Waals surface area contributed by atoms with Crippen molar-refractivity contribution < 1.29 is 8.42 Å². The van der Waals surface area contributed by atoms with Gasteiger partial charge >= 0.3 is 0 Å². The third-order valence-electron chi connectivity index (χ3n) is 7.20. The minimum absolute atomic E-state index is 0.253. The van der Waals surface area contributed by atoms with Gasteiger partial charge in [-0.25, -0.2) is 13.4 Å². The number of fused-ring (bicyclic) bond motifs is 3. The summed E-state index contributed by atoms with van der Waals surface area (Å²) in [6.45, 7) is 0.869. The Morgan fingerprint density at radius 2 is 1.45 bits per heavy atom. The number of nitrogens with zero attached hydrogens (tertiary/aromatic N) is 3. The number of sulfonamides is 1. The van der Waals surface area contributed by atoms with Crippen molar-refractivity contribution in [2.45, 2.75) is 11.4 Å². The maximum Gasteiger partial charge on any atom is 0.264 e. The topological polar surface area (TPSA) is 69.3 Å². The van der Waals surface area contributed by atoms with Gasteiger partial charge in [-0.05, 0) is 61.1 Å². The molecule has 0 unspecified atom stereocenters. The fraction of sp³-hybridized carbons (Fsp3) is 0.121. The number of hydrogen-bond donors (Lipinski definition) is 1. The van der Waals surface area contributed by atoms with E-state index < -0.39 is 10.0 Å². The number of nitrogens with one attached hydrogen (secondary N) is 1. The van der Waals surface area contributed by atoms with Crippen LogP contribution >= 0.6 is 0 Å². The lowest BCUT2D eigenvalue weighted by Crippen LogP contribution is -2.26. The predicted molar refractivity (Wildman–Crippen MR) is 164 cm³/mol. The molecule has 0 aliphatic heterocycles. The SMILES string of the molecule is CN(C)Cc1ccc(-c2cnc3[nH]c4ccc(N(C)S(=O)(=O)c5ccccc5)cc4c3c2-c2ccccc2)cc1. The molecule has 6 nitrogen and oxygen atoms in total. The van der Waals surface area contributed by atoms with E-state index in [1.165, 1.54) is 9.87 Å². The van der Waals surface area contributed by atoms with Crippen LogP contribution in [0.5, 0.6) is 0 Å². The van der Waals surface area contributed by atoms with Crippen LogP contribution < -0.4 is 4.31 Å². The second-order valence-electron chi connectivity index (χ2n) is 10.2. The molecule has 0 amide bonds. The molecule has 0 bridgehead atoms. The van der Waals surface area contributed by atoms with Gasteiger partial charge in [-0.2, -0.15) is 0 Å². The largest absolute Gasteiger partial charge is 0.339 e. The van der Waals surface area contributed by atoms with E-state index >= 15 is 0 Å². The predicted octanol–water partition coefficient (Wildman–Crippen LogP) is 6.94. The fourth-order valence-electron chi connectivity index (χ4n) is 5.21. The maximum absolute atomic E-state index is 13.4. The number of H-pyrrole nitrogens is 1. The minimum Gasteiger partial charge on any atom is -0.339 e. The Balaban J connectivity index is 1.56. The van der Waals surface area contributed by atoms with Crippen molar-refractivity contribution in [3.05, 3.63) is 115 Å². The monoisotopic (exact) mass is 546 g/mol. The molecule has 0 radical (unpaired) electrons. The number of anilines is 1. The van der Waals surface area contributed by atoms with Crippen LogP contribution in [-0.2, 0) is 16.6 Å². The highest BCUT2D eigenvalue weighted by molar-refractivity contribution is 7.92. The molecule has 40 heavy (non-hydrogen) atoms. The van der Waals surface area contributed by atoms with Gasteiger partial charge in [-0.15, -0.1) is 0 Å². The number of pyridine rings is 1. The zero-order chi connectivity index (χ0) is 27.9. The van der Waals surface area contributed by atoms with Gasteiger partial charge in [0.05, 0.1) is 10.6 Å². The fourth-order valence-corrected chi connectivity index (χ4v) is 6.42. The summed E-state index contributed by atoms with van der Waals surface area (Å²) >= 11 is 0. The van der Waals surface area contributed by atoms with Crippen LogP contribution in [0.4, 0.5) is 5.69 Å². The first kappa shape index (κ1) is 25.8. The third kappa shape index (κ3) is 4.63. The summed E-state index contributed by atoms with van der Waals surface area (Å²) in [5.41, 5.74) is 7.69. The van der Waals surface area contributed by atoms with Gasteiger partial charge < -0.3 is 9.88 Å². The van der Waals surface area contributed by atoms with Crippen molar-refractivity contribution in [1.82, 2.24) is 14.9 Å². The van der Waals surface area contributed by atoms with Gasteiger partial charge in [-0.1, -0.05) is 72.8 Å². The van der Waals surface area contributed by atoms with Crippen LogP contribution in [-0.4, -0.2) is 44.4 Å². The molecule has 7 heteroatoms. The molecule has 0 saturated heterocycles. The normalized spacial score (nSPS) is 11.9. The molecule has 0 atom stereocenters. The van der Waals surface area contributed by atoms with Crippen LogP contribution in [0.25, 0.3) is 44.2 Å². The summed E-state index contributed by atoms with van der Waals surface area (Å²) in [6, 6.07) is 33.1. The summed E-state index contributed by atoms with van der Waals surface area (Å²) in [5, 5.41) is 1.88. The Morgan fingerprint density at radius 1 is 0.775 bits per heavy atom. The molecule has 0 saturated carbocycles. The molecule has 0 aliphatic carbocycles. The molecular weight excluding hydrogens is 516 g/mol. The van der Waals surface area contributed by atoms with Crippen LogP contribution in [0.1, 0.15) is 5.56 Å². The van der Waals surface area contributed by atoms with E-state index in [0.717, 1.165) is 50.7 Å². The van der Waals surface area contributed by atoms with E-state index in [9.17, 15) is 8.42 Å². The van der Waals surface area contributed by atoms with Crippen molar-refractivity contribution in [3.8, 4) is 22.3 Å². The third-order valence-corrected chi connectivity index (χ3v) is 9.00. The Bertz CT molecular complexity index is 1920. The number of benzene rings is 4. The molecule has 1 N–H and O–H groups in total. The standard InChI is InChI=1S/C33H30N4O2S/c1-36(2)22-23-14-16-24(17-15-23)29-21-34-33-32(31(29)25-10-6-4-7-11-25)28-20-26(18-19-30(28)35-33)37(3)40(38,39)27-12-8-5-9-13-27/h4-21H,22H2,1-3H3,(H,34,35). The van der Waals surface area contributed by atoms with E-state index in [0.29, 0.717) is 5.69 Å². The summed E-state index contributed by atoms with van der Waals surface area (Å²) in [4.78, 5) is 10.7. The van der Waals surface area contributed by atoms with E-state index in [2.05, 4.69) is 60.4 Å². The quantitative estimate of drug-likeness (QED) is 0.236. The molecule has 0 spiro atoms. The smallest absolute Gasteiger partial charge is 0.264 e. The first-order chi connectivity index (χ1) is 19.3. The lowest BCUT2D eigenvalue weighted by atomic mass is 9.92. The second kappa shape index (κ2) is 10.3. The minimum atomic E-state index is -3.72. The molecule has 2 aromatic heterocycles. The molecule has 6 aromatic rings. The van der Waals surface area contributed by atoms with Gasteiger partial charge in [0.15, 0.2) is 0 Å². The highest BCUT2D eigenvalue weighted by Crippen LogP contribution is 2.41. The molecule has 6 rings (SSSR count). The van der Waals surface area contributed by atoms with Gasteiger partial charge in [0.1, 0.15) is 5.65 Å². The molecular formula is C33H30N4O2S. The van der Waals surface area contributed by atoms with Gasteiger partial charge in [-0.3, -0.25) is 4.31 Å².